The smallest absolute Gasteiger partial charge is 0.405 e. The maximum atomic E-state index is 12.7. The van der Waals surface area contributed by atoms with Gasteiger partial charge in [0, 0.05) is 6.07 Å². The molecule has 1 aliphatic rings. The van der Waals surface area contributed by atoms with Crippen molar-refractivity contribution in [1.29, 1.82) is 5.26 Å². The molecule has 0 aromatic heterocycles. The fourth-order valence-electron chi connectivity index (χ4n) is 2.15. The molecule has 1 atom stereocenters. The Bertz CT molecular complexity index is 508. The zero-order valence-electron chi connectivity index (χ0n) is 10.4. The van der Waals surface area contributed by atoms with Crippen LogP contribution in [0.2, 0.25) is 0 Å². The molecule has 0 amide bonds. The molecule has 1 heterocycles. The monoisotopic (exact) mass is 270 g/mol. The largest absolute Gasteiger partial charge is 0.489 e. The van der Waals surface area contributed by atoms with Crippen molar-refractivity contribution < 1.29 is 17.9 Å². The maximum absolute atomic E-state index is 12.7. The number of benzene rings is 1. The second kappa shape index (κ2) is 5.00. The fourth-order valence-corrected chi connectivity index (χ4v) is 2.15. The Morgan fingerprint density at radius 1 is 1.47 bits per heavy atom. The molecule has 0 aliphatic carbocycles. The highest BCUT2D eigenvalue weighted by Crippen LogP contribution is 2.37. The molecule has 0 saturated heterocycles. The van der Waals surface area contributed by atoms with Gasteiger partial charge in [-0.1, -0.05) is 6.92 Å². The van der Waals surface area contributed by atoms with E-state index in [2.05, 4.69) is 0 Å². The van der Waals surface area contributed by atoms with Gasteiger partial charge in [-0.2, -0.15) is 18.4 Å². The average molecular weight is 270 g/mol. The number of alkyl halides is 3. The topological polar surface area (TPSA) is 36.3 Å². The van der Waals surface area contributed by atoms with Crippen molar-refractivity contribution in [2.75, 3.05) is 18.1 Å². The van der Waals surface area contributed by atoms with Crippen molar-refractivity contribution in [1.82, 2.24) is 0 Å². The molecule has 1 aromatic rings. The molecule has 3 nitrogen and oxygen atoms in total. The minimum atomic E-state index is -4.27. The quantitative estimate of drug-likeness (QED) is 0.828. The van der Waals surface area contributed by atoms with Crippen LogP contribution in [0.3, 0.4) is 0 Å². The molecule has 0 radical (unpaired) electrons. The number of hydrogen-bond acceptors (Lipinski definition) is 3. The number of ether oxygens (including phenoxy) is 1. The molecule has 0 fully saturated rings. The Kier molecular flexibility index (Phi) is 3.56. The van der Waals surface area contributed by atoms with E-state index in [4.69, 9.17) is 10.00 Å². The van der Waals surface area contributed by atoms with Gasteiger partial charge in [0.1, 0.15) is 18.9 Å². The van der Waals surface area contributed by atoms with E-state index in [1.54, 1.807) is 0 Å². The molecule has 19 heavy (non-hydrogen) atoms. The summed E-state index contributed by atoms with van der Waals surface area (Å²) < 4.78 is 43.4. The Labute approximate surface area is 109 Å². The van der Waals surface area contributed by atoms with Crippen LogP contribution in [0, 0.1) is 11.3 Å². The minimum absolute atomic E-state index is 0.203. The highest BCUT2D eigenvalue weighted by atomic mass is 19.4. The number of fused-ring (bicyclic) bond motifs is 1. The number of anilines is 1. The first-order chi connectivity index (χ1) is 8.94. The van der Waals surface area contributed by atoms with Gasteiger partial charge in [-0.05, 0) is 18.6 Å². The van der Waals surface area contributed by atoms with Crippen LogP contribution in [-0.2, 0) is 0 Å². The Hall–Kier alpha value is -1.90. The summed E-state index contributed by atoms with van der Waals surface area (Å²) in [5, 5.41) is 8.79. The highest BCUT2D eigenvalue weighted by molar-refractivity contribution is 5.63. The summed E-state index contributed by atoms with van der Waals surface area (Å²) in [6.07, 6.45) is -3.70. The zero-order chi connectivity index (χ0) is 14.0. The van der Waals surface area contributed by atoms with Crippen molar-refractivity contribution in [3.8, 4) is 11.8 Å². The fraction of sp³-hybridized carbons (Fsp3) is 0.462. The van der Waals surface area contributed by atoms with E-state index in [-0.39, 0.29) is 12.6 Å². The summed E-state index contributed by atoms with van der Waals surface area (Å²) in [5.41, 5.74) is 0.773. The second-order valence-electron chi connectivity index (χ2n) is 4.41. The molecule has 0 N–H and O–H groups in total. The van der Waals surface area contributed by atoms with Crippen molar-refractivity contribution in [2.24, 2.45) is 0 Å². The van der Waals surface area contributed by atoms with Crippen LogP contribution in [0.15, 0.2) is 18.2 Å². The number of rotatable bonds is 2. The van der Waals surface area contributed by atoms with Crippen LogP contribution >= 0.6 is 0 Å². The van der Waals surface area contributed by atoms with E-state index < -0.39 is 12.7 Å². The predicted octanol–water partition coefficient (Wildman–Crippen LogP) is 3.10. The third-order valence-electron chi connectivity index (χ3n) is 3.09. The Morgan fingerprint density at radius 3 is 2.79 bits per heavy atom. The molecule has 1 unspecified atom stereocenters. The van der Waals surface area contributed by atoms with E-state index in [9.17, 15) is 13.2 Å². The Morgan fingerprint density at radius 2 is 2.21 bits per heavy atom. The summed E-state index contributed by atoms with van der Waals surface area (Å²) in [7, 11) is 0. The van der Waals surface area contributed by atoms with Gasteiger partial charge in [-0.15, -0.1) is 0 Å². The molecule has 0 bridgehead atoms. The van der Waals surface area contributed by atoms with Crippen LogP contribution in [0.1, 0.15) is 18.9 Å². The van der Waals surface area contributed by atoms with Crippen LogP contribution < -0.4 is 9.64 Å². The number of hydrogen-bond donors (Lipinski definition) is 0. The van der Waals surface area contributed by atoms with E-state index in [0.29, 0.717) is 23.4 Å². The van der Waals surface area contributed by atoms with Gasteiger partial charge < -0.3 is 9.64 Å². The van der Waals surface area contributed by atoms with Gasteiger partial charge in [0.15, 0.2) is 0 Å². The van der Waals surface area contributed by atoms with Gasteiger partial charge in [0.2, 0.25) is 0 Å². The zero-order valence-corrected chi connectivity index (χ0v) is 10.4. The third kappa shape index (κ3) is 2.92. The van der Waals surface area contributed by atoms with Crippen LogP contribution in [0.5, 0.6) is 5.75 Å². The van der Waals surface area contributed by atoms with E-state index in [0.717, 1.165) is 0 Å². The molecule has 1 aromatic carbocycles. The van der Waals surface area contributed by atoms with Crippen molar-refractivity contribution >= 4 is 5.69 Å². The number of nitrogens with zero attached hydrogens (tertiary/aromatic N) is 2. The first-order valence-electron chi connectivity index (χ1n) is 5.95. The van der Waals surface area contributed by atoms with E-state index >= 15 is 0 Å². The van der Waals surface area contributed by atoms with Gasteiger partial charge >= 0.3 is 6.18 Å². The summed E-state index contributed by atoms with van der Waals surface area (Å²) >= 11 is 0. The van der Waals surface area contributed by atoms with E-state index in [1.165, 1.54) is 23.1 Å². The van der Waals surface area contributed by atoms with Crippen molar-refractivity contribution in [3.63, 3.8) is 0 Å². The maximum Gasteiger partial charge on any atom is 0.405 e. The molecule has 102 valence electrons. The first kappa shape index (κ1) is 13.5. The van der Waals surface area contributed by atoms with Crippen molar-refractivity contribution in [2.45, 2.75) is 25.6 Å². The normalized spacial score (nSPS) is 18.5. The molecular weight excluding hydrogens is 257 g/mol. The third-order valence-corrected chi connectivity index (χ3v) is 3.09. The lowest BCUT2D eigenvalue weighted by Gasteiger charge is -2.38. The molecule has 6 heteroatoms. The van der Waals surface area contributed by atoms with Gasteiger partial charge in [0.05, 0.1) is 23.4 Å². The summed E-state index contributed by atoms with van der Waals surface area (Å²) in [6, 6.07) is 6.14. The molecule has 0 spiro atoms. The first-order valence-corrected chi connectivity index (χ1v) is 5.95. The number of halogens is 3. The predicted molar refractivity (Wildman–Crippen MR) is 64.1 cm³/mol. The average Bonchev–Trinajstić information content (AvgIpc) is 2.36. The minimum Gasteiger partial charge on any atom is -0.489 e. The lowest BCUT2D eigenvalue weighted by molar-refractivity contribution is -0.121. The highest BCUT2D eigenvalue weighted by Gasteiger charge is 2.36. The SMILES string of the molecule is CCC1COc2cc(C#N)ccc2N1CC(F)(F)F. The van der Waals surface area contributed by atoms with Gasteiger partial charge in [-0.3, -0.25) is 0 Å². The summed E-state index contributed by atoms with van der Waals surface area (Å²) in [4.78, 5) is 1.31. The van der Waals surface area contributed by atoms with Gasteiger partial charge in [0.25, 0.3) is 0 Å². The summed E-state index contributed by atoms with van der Waals surface area (Å²) in [6.45, 7) is 1.02. The van der Waals surface area contributed by atoms with Gasteiger partial charge in [-0.25, -0.2) is 0 Å². The second-order valence-corrected chi connectivity index (χ2v) is 4.41. The number of nitriles is 1. The lowest BCUT2D eigenvalue weighted by Crippen LogP contribution is -2.47. The van der Waals surface area contributed by atoms with Crippen LogP contribution in [-0.4, -0.2) is 25.4 Å². The lowest BCUT2D eigenvalue weighted by atomic mass is 10.1. The molecule has 1 aliphatic heterocycles. The van der Waals surface area contributed by atoms with Crippen LogP contribution in [0.25, 0.3) is 0 Å². The Balaban J connectivity index is 2.37. The molecule has 0 saturated carbocycles. The van der Waals surface area contributed by atoms with E-state index in [1.807, 2.05) is 13.0 Å². The standard InChI is InChI=1S/C13H13F3N2O/c1-2-10-7-19-12-5-9(6-17)3-4-11(12)18(10)8-13(14,15)16/h3-5,10H,2,7-8H2,1H3. The molecule has 2 rings (SSSR count). The summed E-state index contributed by atoms with van der Waals surface area (Å²) in [5.74, 6) is 0.341. The van der Waals surface area contributed by atoms with Crippen LogP contribution in [0.4, 0.5) is 18.9 Å². The molecular formula is C13H13F3N2O. The van der Waals surface area contributed by atoms with Crippen molar-refractivity contribution in [3.05, 3.63) is 23.8 Å².